The molecule has 0 bridgehead atoms. The molecule has 0 saturated heterocycles. The van der Waals surface area contributed by atoms with Crippen LogP contribution in [0.4, 0.5) is 0 Å². The molecule has 2 rings (SSSR count). The van der Waals surface area contributed by atoms with E-state index in [2.05, 4.69) is 15.4 Å². The van der Waals surface area contributed by atoms with E-state index in [9.17, 15) is 0 Å². The summed E-state index contributed by atoms with van der Waals surface area (Å²) in [6.45, 7) is 0. The molecule has 0 aliphatic carbocycles. The Labute approximate surface area is 57.8 Å². The van der Waals surface area contributed by atoms with Crippen LogP contribution in [0.3, 0.4) is 0 Å². The van der Waals surface area contributed by atoms with Crippen molar-refractivity contribution in [3.05, 3.63) is 11.5 Å². The highest BCUT2D eigenvalue weighted by Crippen LogP contribution is 2.30. The molecule has 2 aliphatic heterocycles. The fraction of sp³-hybridized carbons (Fsp3) is 0.333. The zero-order valence-electron chi connectivity index (χ0n) is 4.82. The van der Waals surface area contributed by atoms with Gasteiger partial charge in [0.25, 0.3) is 0 Å². The van der Waals surface area contributed by atoms with E-state index >= 15 is 0 Å². The van der Waals surface area contributed by atoms with Crippen LogP contribution >= 0.6 is 11.8 Å². The highest BCUT2D eigenvalue weighted by atomic mass is 32.2. The minimum Gasteiger partial charge on any atom is -0.257 e. The lowest BCUT2D eigenvalue weighted by atomic mass is 10.2. The minimum absolute atomic E-state index is 0.190. The maximum Gasteiger partial charge on any atom is 0.178 e. The van der Waals surface area contributed by atoms with Gasteiger partial charge < -0.3 is 0 Å². The van der Waals surface area contributed by atoms with Crippen molar-refractivity contribution in [1.82, 2.24) is 0 Å². The van der Waals surface area contributed by atoms with Crippen molar-refractivity contribution in [1.29, 1.82) is 0 Å². The smallest absolute Gasteiger partial charge is 0.178 e. The minimum atomic E-state index is -0.190. The standard InChI is InChI=1S/C6H6N2S/c1-4-9-5-6(1)7-2-3-8-6/h1-4H,5H2. The summed E-state index contributed by atoms with van der Waals surface area (Å²) in [5, 5.41) is 2.06. The lowest BCUT2D eigenvalue weighted by molar-refractivity contribution is 0.662. The van der Waals surface area contributed by atoms with Gasteiger partial charge in [-0.1, -0.05) is 0 Å². The van der Waals surface area contributed by atoms with Crippen molar-refractivity contribution in [3.63, 3.8) is 0 Å². The molecule has 0 N–H and O–H groups in total. The van der Waals surface area contributed by atoms with E-state index in [1.165, 1.54) is 0 Å². The van der Waals surface area contributed by atoms with Crippen LogP contribution in [0.25, 0.3) is 0 Å². The summed E-state index contributed by atoms with van der Waals surface area (Å²) in [7, 11) is 0. The van der Waals surface area contributed by atoms with Crippen LogP contribution in [-0.2, 0) is 0 Å². The Bertz CT molecular complexity index is 193. The van der Waals surface area contributed by atoms with Crippen molar-refractivity contribution >= 4 is 24.2 Å². The third-order valence-electron chi connectivity index (χ3n) is 1.39. The summed E-state index contributed by atoms with van der Waals surface area (Å²) < 4.78 is 0. The molecule has 2 aliphatic rings. The first-order valence-corrected chi connectivity index (χ1v) is 3.85. The molecule has 0 saturated carbocycles. The van der Waals surface area contributed by atoms with Gasteiger partial charge in [0.05, 0.1) is 0 Å². The van der Waals surface area contributed by atoms with Gasteiger partial charge in [-0.3, -0.25) is 9.98 Å². The van der Waals surface area contributed by atoms with E-state index in [0.717, 1.165) is 5.75 Å². The average Bonchev–Trinajstić information content (AvgIpc) is 2.45. The number of thioether (sulfide) groups is 1. The Morgan fingerprint density at radius 1 is 1.33 bits per heavy atom. The van der Waals surface area contributed by atoms with E-state index in [1.54, 1.807) is 24.2 Å². The van der Waals surface area contributed by atoms with Gasteiger partial charge in [0.15, 0.2) is 5.66 Å². The normalized spacial score (nSPS) is 26.7. The van der Waals surface area contributed by atoms with E-state index in [0.29, 0.717) is 0 Å². The number of hydrogen-bond acceptors (Lipinski definition) is 3. The topological polar surface area (TPSA) is 24.7 Å². The van der Waals surface area contributed by atoms with Crippen molar-refractivity contribution in [3.8, 4) is 0 Å². The van der Waals surface area contributed by atoms with Gasteiger partial charge in [-0.05, 0) is 11.5 Å². The Morgan fingerprint density at radius 3 is 2.67 bits per heavy atom. The fourth-order valence-electron chi connectivity index (χ4n) is 0.895. The van der Waals surface area contributed by atoms with Crippen LogP contribution in [0.15, 0.2) is 21.5 Å². The van der Waals surface area contributed by atoms with Crippen molar-refractivity contribution in [2.75, 3.05) is 5.75 Å². The van der Waals surface area contributed by atoms with E-state index in [4.69, 9.17) is 0 Å². The molecule has 0 atom stereocenters. The quantitative estimate of drug-likeness (QED) is 0.492. The lowest BCUT2D eigenvalue weighted by Crippen LogP contribution is -2.17. The Kier molecular flexibility index (Phi) is 0.990. The SMILES string of the molecule is C1=CC2(CS1)N=CC=N2. The van der Waals surface area contributed by atoms with Crippen molar-refractivity contribution in [2.24, 2.45) is 9.98 Å². The Balaban J connectivity index is 2.34. The van der Waals surface area contributed by atoms with Gasteiger partial charge in [-0.2, -0.15) is 0 Å². The molecule has 0 unspecified atom stereocenters. The molecule has 46 valence electrons. The number of aliphatic imine (C=N–C) groups is 2. The highest BCUT2D eigenvalue weighted by Gasteiger charge is 2.28. The average molecular weight is 138 g/mol. The summed E-state index contributed by atoms with van der Waals surface area (Å²) in [5.74, 6) is 0.972. The molecule has 2 nitrogen and oxygen atoms in total. The second-order valence-electron chi connectivity index (χ2n) is 2.05. The molecule has 1 spiro atoms. The molecule has 0 radical (unpaired) electrons. The Morgan fingerprint density at radius 2 is 2.11 bits per heavy atom. The zero-order valence-corrected chi connectivity index (χ0v) is 5.64. The van der Waals surface area contributed by atoms with Crippen molar-refractivity contribution < 1.29 is 0 Å². The predicted octanol–water partition coefficient (Wildman–Crippen LogP) is 1.10. The summed E-state index contributed by atoms with van der Waals surface area (Å²) in [5.41, 5.74) is -0.190. The summed E-state index contributed by atoms with van der Waals surface area (Å²) in [4.78, 5) is 8.42. The molecule has 0 amide bonds. The summed E-state index contributed by atoms with van der Waals surface area (Å²) in [6, 6.07) is 0. The monoisotopic (exact) mass is 138 g/mol. The molecular formula is C6H6N2S. The maximum absolute atomic E-state index is 4.21. The number of nitrogens with zero attached hydrogens (tertiary/aromatic N) is 2. The molecule has 9 heavy (non-hydrogen) atoms. The van der Waals surface area contributed by atoms with Gasteiger partial charge in [-0.25, -0.2) is 0 Å². The molecule has 3 heteroatoms. The van der Waals surface area contributed by atoms with E-state index < -0.39 is 0 Å². The van der Waals surface area contributed by atoms with Gasteiger partial charge in [-0.15, -0.1) is 11.8 Å². The third kappa shape index (κ3) is 0.721. The van der Waals surface area contributed by atoms with Gasteiger partial charge >= 0.3 is 0 Å². The first-order valence-electron chi connectivity index (χ1n) is 2.80. The summed E-state index contributed by atoms with van der Waals surface area (Å²) in [6.07, 6.45) is 5.56. The van der Waals surface area contributed by atoms with Gasteiger partial charge in [0, 0.05) is 18.2 Å². The van der Waals surface area contributed by atoms with Crippen LogP contribution in [0.2, 0.25) is 0 Å². The Hall–Kier alpha value is -0.570. The van der Waals surface area contributed by atoms with E-state index in [1.807, 2.05) is 6.08 Å². The number of rotatable bonds is 0. The van der Waals surface area contributed by atoms with Crippen LogP contribution in [0.5, 0.6) is 0 Å². The van der Waals surface area contributed by atoms with Gasteiger partial charge in [0.2, 0.25) is 0 Å². The largest absolute Gasteiger partial charge is 0.257 e. The second-order valence-corrected chi connectivity index (χ2v) is 2.94. The molecule has 0 aromatic heterocycles. The molecule has 2 heterocycles. The zero-order chi connectivity index (χ0) is 6.16. The van der Waals surface area contributed by atoms with E-state index in [-0.39, 0.29) is 5.66 Å². The maximum atomic E-state index is 4.21. The summed E-state index contributed by atoms with van der Waals surface area (Å²) >= 11 is 1.76. The van der Waals surface area contributed by atoms with Crippen LogP contribution in [0, 0.1) is 0 Å². The third-order valence-corrected chi connectivity index (χ3v) is 2.31. The van der Waals surface area contributed by atoms with Crippen molar-refractivity contribution in [2.45, 2.75) is 5.66 Å². The highest BCUT2D eigenvalue weighted by molar-refractivity contribution is 8.02. The molecule has 0 aromatic carbocycles. The van der Waals surface area contributed by atoms with Crippen LogP contribution < -0.4 is 0 Å². The van der Waals surface area contributed by atoms with Gasteiger partial charge in [0.1, 0.15) is 0 Å². The molecular weight excluding hydrogens is 132 g/mol. The molecule has 0 fully saturated rings. The van der Waals surface area contributed by atoms with Crippen LogP contribution in [-0.4, -0.2) is 23.8 Å². The first-order chi connectivity index (χ1) is 4.41. The second kappa shape index (κ2) is 1.70. The first kappa shape index (κ1) is 5.23. The predicted molar refractivity (Wildman–Crippen MR) is 41.3 cm³/mol. The molecule has 0 aromatic rings. The number of hydrogen-bond donors (Lipinski definition) is 0. The lowest BCUT2D eigenvalue weighted by Gasteiger charge is -2.10. The van der Waals surface area contributed by atoms with Crippen LogP contribution in [0.1, 0.15) is 0 Å². The fourth-order valence-corrected chi connectivity index (χ4v) is 1.80.